The van der Waals surface area contributed by atoms with Gasteiger partial charge in [0.2, 0.25) is 0 Å². The van der Waals surface area contributed by atoms with Crippen molar-refractivity contribution in [1.82, 2.24) is 10.3 Å². The third kappa shape index (κ3) is 5.71. The number of aromatic nitrogens is 1. The minimum Gasteiger partial charge on any atom is -0.493 e. The third-order valence-electron chi connectivity index (χ3n) is 6.71. The molecule has 9 heteroatoms. The van der Waals surface area contributed by atoms with Crippen LogP contribution in [0.1, 0.15) is 51.0 Å². The lowest BCUT2D eigenvalue weighted by Crippen LogP contribution is -2.25. The van der Waals surface area contributed by atoms with E-state index in [1.54, 1.807) is 23.5 Å². The minimum atomic E-state index is -0.638. The Hall–Kier alpha value is -4.21. The molecule has 3 N–H and O–H groups in total. The number of pyridine rings is 1. The van der Waals surface area contributed by atoms with Gasteiger partial charge in [0, 0.05) is 35.5 Å². The molecule has 5 rings (SSSR count). The van der Waals surface area contributed by atoms with E-state index in [-0.39, 0.29) is 23.9 Å². The van der Waals surface area contributed by atoms with E-state index in [1.165, 1.54) is 12.7 Å². The van der Waals surface area contributed by atoms with Gasteiger partial charge in [-0.3, -0.25) is 4.79 Å². The van der Waals surface area contributed by atoms with Crippen molar-refractivity contribution in [2.75, 3.05) is 20.3 Å². The lowest BCUT2D eigenvalue weighted by atomic mass is 9.94. The van der Waals surface area contributed by atoms with Crippen LogP contribution >= 0.6 is 11.3 Å². The Morgan fingerprint density at radius 2 is 1.90 bits per heavy atom. The number of nitrogens with zero attached hydrogens (tertiary/aromatic N) is 1. The smallest absolute Gasteiger partial charge is 0.357 e. The molecule has 0 saturated heterocycles. The Morgan fingerprint density at radius 3 is 2.65 bits per heavy atom. The van der Waals surface area contributed by atoms with Gasteiger partial charge in [0.1, 0.15) is 23.8 Å². The third-order valence-corrected chi connectivity index (χ3v) is 7.70. The van der Waals surface area contributed by atoms with Crippen LogP contribution in [0.15, 0.2) is 60.0 Å². The van der Waals surface area contributed by atoms with E-state index in [0.717, 1.165) is 34.4 Å². The Morgan fingerprint density at radius 1 is 1.07 bits per heavy atom. The highest BCUT2D eigenvalue weighted by atomic mass is 32.1. The quantitative estimate of drug-likeness (QED) is 0.266. The van der Waals surface area contributed by atoms with Crippen LogP contribution in [0.4, 0.5) is 0 Å². The molecule has 40 heavy (non-hydrogen) atoms. The van der Waals surface area contributed by atoms with Gasteiger partial charge < -0.3 is 25.3 Å². The van der Waals surface area contributed by atoms with Crippen molar-refractivity contribution in [3.05, 3.63) is 88.1 Å². The first-order valence-electron chi connectivity index (χ1n) is 13.2. The van der Waals surface area contributed by atoms with Crippen molar-refractivity contribution < 1.29 is 23.8 Å². The molecule has 2 aromatic heterocycles. The topological polar surface area (TPSA) is 113 Å². The average molecular weight is 558 g/mol. The number of thiophene rings is 1. The highest BCUT2D eigenvalue weighted by molar-refractivity contribution is 7.13. The number of rotatable bonds is 9. The maximum absolute atomic E-state index is 12.9. The molecule has 0 spiro atoms. The molecule has 2 aromatic carbocycles. The van der Waals surface area contributed by atoms with Gasteiger partial charge in [-0.1, -0.05) is 19.1 Å². The number of benzene rings is 2. The Labute approximate surface area is 237 Å². The predicted molar refractivity (Wildman–Crippen MR) is 155 cm³/mol. The van der Waals surface area contributed by atoms with Crippen LogP contribution in [0.5, 0.6) is 11.5 Å². The molecule has 1 aliphatic rings. The molecule has 0 unspecified atom stereocenters. The molecule has 3 heterocycles. The lowest BCUT2D eigenvalue weighted by molar-refractivity contribution is 0.0595. The number of fused-ring (bicyclic) bond motifs is 3. The minimum absolute atomic E-state index is 0.0468. The van der Waals surface area contributed by atoms with Gasteiger partial charge in [-0.15, -0.1) is 11.3 Å². The number of carbonyl (C=O) groups excluding carboxylic acids is 2. The van der Waals surface area contributed by atoms with E-state index in [9.17, 15) is 9.59 Å². The maximum Gasteiger partial charge on any atom is 0.357 e. The van der Waals surface area contributed by atoms with Crippen LogP contribution < -0.4 is 20.5 Å². The molecule has 0 bridgehead atoms. The van der Waals surface area contributed by atoms with Gasteiger partial charge in [-0.2, -0.15) is 0 Å². The van der Waals surface area contributed by atoms with E-state index >= 15 is 0 Å². The summed E-state index contributed by atoms with van der Waals surface area (Å²) >= 11 is 1.67. The summed E-state index contributed by atoms with van der Waals surface area (Å²) in [6.07, 6.45) is 1.59. The number of hydrogen-bond acceptors (Lipinski definition) is 8. The number of esters is 1. The number of nitrogens with two attached hydrogens (primary N) is 1. The zero-order valence-corrected chi connectivity index (χ0v) is 23.3. The molecule has 4 aromatic rings. The van der Waals surface area contributed by atoms with E-state index in [0.29, 0.717) is 42.3 Å². The number of carbonyl (C=O) groups is 2. The second-order valence-electron chi connectivity index (χ2n) is 9.36. The molecule has 0 aliphatic carbocycles. The summed E-state index contributed by atoms with van der Waals surface area (Å²) in [4.78, 5) is 31.2. The fraction of sp³-hybridized carbons (Fsp3) is 0.258. The van der Waals surface area contributed by atoms with Gasteiger partial charge in [0.15, 0.2) is 5.69 Å². The van der Waals surface area contributed by atoms with Crippen molar-refractivity contribution in [3.8, 4) is 33.1 Å². The molecule has 0 saturated carbocycles. The van der Waals surface area contributed by atoms with Crippen molar-refractivity contribution in [2.45, 2.75) is 32.9 Å². The van der Waals surface area contributed by atoms with Crippen molar-refractivity contribution >= 4 is 23.2 Å². The maximum atomic E-state index is 12.9. The highest BCUT2D eigenvalue weighted by Gasteiger charge is 2.25. The fourth-order valence-corrected chi connectivity index (χ4v) is 5.58. The normalized spacial score (nSPS) is 12.0. The zero-order valence-electron chi connectivity index (χ0n) is 22.5. The van der Waals surface area contributed by atoms with Gasteiger partial charge in [0.05, 0.1) is 13.7 Å². The first-order valence-corrected chi connectivity index (χ1v) is 14.1. The molecule has 0 fully saturated rings. The van der Waals surface area contributed by atoms with Gasteiger partial charge in [-0.05, 0) is 76.5 Å². The summed E-state index contributed by atoms with van der Waals surface area (Å²) < 4.78 is 17.5. The fourth-order valence-electron chi connectivity index (χ4n) is 4.60. The summed E-state index contributed by atoms with van der Waals surface area (Å²) in [5, 5.41) is 4.89. The van der Waals surface area contributed by atoms with E-state index in [1.807, 2.05) is 37.3 Å². The van der Waals surface area contributed by atoms with Gasteiger partial charge in [-0.25, -0.2) is 9.78 Å². The summed E-state index contributed by atoms with van der Waals surface area (Å²) in [5.74, 6) is 0.424. The number of nitrogens with one attached hydrogen (secondary N) is 1. The van der Waals surface area contributed by atoms with Gasteiger partial charge >= 0.3 is 5.97 Å². The zero-order chi connectivity index (χ0) is 28.1. The monoisotopic (exact) mass is 557 g/mol. The molecule has 206 valence electrons. The van der Waals surface area contributed by atoms with Crippen molar-refractivity contribution in [1.29, 1.82) is 0 Å². The SMILES string of the molecule is CCCNC(=O)c1ccc(-c2cc3c(cc2COc2ccc(CN)cc2)-c2sccc2CCO3)c(C(=O)OC)n1. The van der Waals surface area contributed by atoms with E-state index in [2.05, 4.69) is 27.8 Å². The molecule has 0 atom stereocenters. The van der Waals surface area contributed by atoms with Crippen LogP contribution in [0.25, 0.3) is 21.6 Å². The number of amides is 1. The summed E-state index contributed by atoms with van der Waals surface area (Å²) in [7, 11) is 1.30. The molecule has 8 nitrogen and oxygen atoms in total. The first kappa shape index (κ1) is 27.4. The van der Waals surface area contributed by atoms with Crippen LogP contribution in [-0.2, 0) is 24.3 Å². The van der Waals surface area contributed by atoms with Gasteiger partial charge in [0.25, 0.3) is 5.91 Å². The molecule has 1 amide bonds. The van der Waals surface area contributed by atoms with E-state index in [4.69, 9.17) is 19.9 Å². The van der Waals surface area contributed by atoms with E-state index < -0.39 is 5.97 Å². The second-order valence-corrected chi connectivity index (χ2v) is 10.3. The highest BCUT2D eigenvalue weighted by Crippen LogP contribution is 2.43. The predicted octanol–water partition coefficient (Wildman–Crippen LogP) is 5.38. The second kappa shape index (κ2) is 12.3. The van der Waals surface area contributed by atoms with Crippen LogP contribution in [0, 0.1) is 0 Å². The van der Waals surface area contributed by atoms with Crippen LogP contribution in [0.2, 0.25) is 0 Å². The number of hydrogen-bond donors (Lipinski definition) is 2. The van der Waals surface area contributed by atoms with Crippen molar-refractivity contribution in [3.63, 3.8) is 0 Å². The van der Waals surface area contributed by atoms with Crippen LogP contribution in [0.3, 0.4) is 0 Å². The van der Waals surface area contributed by atoms with Crippen molar-refractivity contribution in [2.24, 2.45) is 5.73 Å². The Kier molecular flexibility index (Phi) is 8.42. The standard InChI is InChI=1S/C31H31N3O5S/c1-3-12-33-30(35)26-9-8-23(28(34-26)31(36)37-2)24-16-27-25(29-20(10-13-38-27)11-14-40-29)15-21(24)18-39-22-6-4-19(17-32)5-7-22/h4-9,11,14-16H,3,10,12-13,17-18,32H2,1-2H3,(H,33,35). The molecular weight excluding hydrogens is 526 g/mol. The summed E-state index contributed by atoms with van der Waals surface area (Å²) in [5.41, 5.74) is 11.2. The Bertz CT molecular complexity index is 1530. The van der Waals surface area contributed by atoms with Crippen LogP contribution in [-0.4, -0.2) is 37.1 Å². The number of methoxy groups -OCH3 is 1. The molecular formula is C31H31N3O5S. The Balaban J connectivity index is 1.62. The summed E-state index contributed by atoms with van der Waals surface area (Å²) in [6.45, 7) is 3.69. The summed E-state index contributed by atoms with van der Waals surface area (Å²) in [6, 6.07) is 17.1. The average Bonchev–Trinajstić information content (AvgIpc) is 3.39. The molecule has 1 aliphatic heterocycles. The molecule has 0 radical (unpaired) electrons. The number of ether oxygens (including phenoxy) is 3. The lowest BCUT2D eigenvalue weighted by Gasteiger charge is -2.18. The largest absolute Gasteiger partial charge is 0.493 e. The first-order chi connectivity index (χ1) is 19.5.